The van der Waals surface area contributed by atoms with Gasteiger partial charge in [-0.05, 0) is 12.8 Å². The number of carbonyl (C=O) groups excluding carboxylic acids is 1. The zero-order valence-electron chi connectivity index (χ0n) is 10.8. The minimum atomic E-state index is -0.250. The molecule has 0 N–H and O–H groups in total. The number of anilines is 1. The molecule has 0 aliphatic carbocycles. The van der Waals surface area contributed by atoms with E-state index in [1.54, 1.807) is 11.8 Å². The maximum atomic E-state index is 11.3. The highest BCUT2D eigenvalue weighted by Crippen LogP contribution is 2.15. The molecule has 0 unspecified atom stereocenters. The predicted octanol–water partition coefficient (Wildman–Crippen LogP) is 1.60. The first-order valence-electron chi connectivity index (χ1n) is 5.73. The normalized spacial score (nSPS) is 10.4. The molecule has 1 heterocycles. The van der Waals surface area contributed by atoms with Crippen molar-refractivity contribution < 1.29 is 9.53 Å². The first-order valence-corrected chi connectivity index (χ1v) is 5.73. The number of carbonyl (C=O) groups is 1. The number of ether oxygens (including phenoxy) is 1. The van der Waals surface area contributed by atoms with E-state index in [1.165, 1.54) is 6.33 Å². The lowest BCUT2D eigenvalue weighted by Crippen LogP contribution is -2.28. The number of nitrogens with zero attached hydrogens (tertiary/aromatic N) is 3. The number of likely N-dealkylation sites (N-methyl/N-ethyl adjacent to an activating group) is 1. The summed E-state index contributed by atoms with van der Waals surface area (Å²) >= 11 is 0. The van der Waals surface area contributed by atoms with E-state index in [2.05, 4.69) is 23.8 Å². The summed E-state index contributed by atoms with van der Waals surface area (Å²) in [6.45, 7) is 6.52. The average molecular weight is 237 g/mol. The van der Waals surface area contributed by atoms with Gasteiger partial charge in [0.05, 0.1) is 6.61 Å². The number of esters is 1. The minimum absolute atomic E-state index is 0.197. The second-order valence-corrected chi connectivity index (χ2v) is 4.12. The van der Waals surface area contributed by atoms with E-state index in [1.807, 2.05) is 13.1 Å². The summed E-state index contributed by atoms with van der Waals surface area (Å²) in [7, 11) is 1.81. The molecule has 1 aromatic rings. The number of hydrogen-bond acceptors (Lipinski definition) is 5. The summed E-state index contributed by atoms with van der Waals surface area (Å²) in [6.07, 6.45) is 1.52. The second kappa shape index (κ2) is 6.18. The van der Waals surface area contributed by atoms with Crippen molar-refractivity contribution in [3.63, 3.8) is 0 Å². The van der Waals surface area contributed by atoms with Gasteiger partial charge in [0.25, 0.3) is 0 Å². The van der Waals surface area contributed by atoms with Crippen molar-refractivity contribution in [2.24, 2.45) is 0 Å². The molecule has 1 aromatic heterocycles. The van der Waals surface area contributed by atoms with Gasteiger partial charge in [-0.15, -0.1) is 0 Å². The maximum Gasteiger partial charge on any atom is 0.325 e. The topological polar surface area (TPSA) is 55.3 Å². The molecular weight excluding hydrogens is 218 g/mol. The molecule has 0 bridgehead atoms. The quantitative estimate of drug-likeness (QED) is 0.728. The molecule has 0 aliphatic heterocycles. The lowest BCUT2D eigenvalue weighted by molar-refractivity contribution is -0.141. The first-order chi connectivity index (χ1) is 8.04. The van der Waals surface area contributed by atoms with Crippen LogP contribution in [0.5, 0.6) is 0 Å². The molecule has 0 saturated heterocycles. The molecule has 1 rings (SSSR count). The van der Waals surface area contributed by atoms with Crippen LogP contribution >= 0.6 is 0 Å². The van der Waals surface area contributed by atoms with Crippen molar-refractivity contribution >= 4 is 11.8 Å². The van der Waals surface area contributed by atoms with Crippen molar-refractivity contribution in [1.29, 1.82) is 0 Å². The van der Waals surface area contributed by atoms with Crippen LogP contribution in [0, 0.1) is 0 Å². The van der Waals surface area contributed by atoms with E-state index in [-0.39, 0.29) is 12.5 Å². The minimum Gasteiger partial charge on any atom is -0.465 e. The van der Waals surface area contributed by atoms with Gasteiger partial charge in [-0.3, -0.25) is 4.79 Å². The molecule has 0 spiro atoms. The Morgan fingerprint density at radius 3 is 2.76 bits per heavy atom. The van der Waals surface area contributed by atoms with Crippen LogP contribution in [0.2, 0.25) is 0 Å². The summed E-state index contributed by atoms with van der Waals surface area (Å²) in [5, 5.41) is 0. The lowest BCUT2D eigenvalue weighted by Gasteiger charge is -2.17. The lowest BCUT2D eigenvalue weighted by atomic mass is 10.1. The molecule has 5 nitrogen and oxygen atoms in total. The van der Waals surface area contributed by atoms with Crippen molar-refractivity contribution in [3.05, 3.63) is 18.1 Å². The molecule has 0 aliphatic rings. The van der Waals surface area contributed by atoms with Crippen molar-refractivity contribution in [2.45, 2.75) is 26.7 Å². The van der Waals surface area contributed by atoms with Crippen LogP contribution in [0.25, 0.3) is 0 Å². The summed E-state index contributed by atoms with van der Waals surface area (Å²) in [5.41, 5.74) is 0.964. The van der Waals surface area contributed by atoms with Crippen LogP contribution in [0.15, 0.2) is 12.4 Å². The monoisotopic (exact) mass is 237 g/mol. The molecule has 0 aromatic carbocycles. The van der Waals surface area contributed by atoms with Crippen LogP contribution < -0.4 is 4.90 Å². The third-order valence-electron chi connectivity index (χ3n) is 2.33. The Labute approximate surface area is 102 Å². The van der Waals surface area contributed by atoms with E-state index in [9.17, 15) is 4.79 Å². The van der Waals surface area contributed by atoms with E-state index >= 15 is 0 Å². The van der Waals surface area contributed by atoms with Gasteiger partial charge in [-0.2, -0.15) is 0 Å². The third kappa shape index (κ3) is 4.01. The van der Waals surface area contributed by atoms with Crippen molar-refractivity contribution in [2.75, 3.05) is 25.1 Å². The highest BCUT2D eigenvalue weighted by atomic mass is 16.5. The Balaban J connectivity index is 2.71. The molecule has 94 valence electrons. The van der Waals surface area contributed by atoms with Gasteiger partial charge < -0.3 is 9.64 Å². The smallest absolute Gasteiger partial charge is 0.325 e. The molecule has 0 radical (unpaired) electrons. The zero-order chi connectivity index (χ0) is 12.8. The Hall–Kier alpha value is -1.65. The van der Waals surface area contributed by atoms with Gasteiger partial charge in [0.2, 0.25) is 0 Å². The Kier molecular flexibility index (Phi) is 4.87. The van der Waals surface area contributed by atoms with Gasteiger partial charge in [0.1, 0.15) is 18.7 Å². The maximum absolute atomic E-state index is 11.3. The van der Waals surface area contributed by atoms with Gasteiger partial charge in [-0.25, -0.2) is 9.97 Å². The molecule has 5 heteroatoms. The largest absolute Gasteiger partial charge is 0.465 e. The first kappa shape index (κ1) is 13.4. The highest BCUT2D eigenvalue weighted by molar-refractivity contribution is 5.75. The van der Waals surface area contributed by atoms with Gasteiger partial charge in [0.15, 0.2) is 0 Å². The fraction of sp³-hybridized carbons (Fsp3) is 0.583. The van der Waals surface area contributed by atoms with Crippen LogP contribution in [-0.2, 0) is 9.53 Å². The molecule has 0 atom stereocenters. The summed E-state index contributed by atoms with van der Waals surface area (Å²) in [5.74, 6) is 0.823. The summed E-state index contributed by atoms with van der Waals surface area (Å²) < 4.78 is 4.89. The van der Waals surface area contributed by atoms with E-state index in [0.717, 1.165) is 11.5 Å². The number of aromatic nitrogens is 2. The van der Waals surface area contributed by atoms with Crippen molar-refractivity contribution in [3.8, 4) is 0 Å². The standard InChI is InChI=1S/C12H19N3O2/c1-5-17-12(16)7-15(4)11-6-10(9(2)3)13-8-14-11/h6,8-9H,5,7H2,1-4H3. The average Bonchev–Trinajstić information content (AvgIpc) is 2.29. The van der Waals surface area contributed by atoms with Crippen molar-refractivity contribution in [1.82, 2.24) is 9.97 Å². The molecule has 0 saturated carbocycles. The molecule has 0 fully saturated rings. The van der Waals surface area contributed by atoms with E-state index < -0.39 is 0 Å². The Morgan fingerprint density at radius 2 is 2.18 bits per heavy atom. The Morgan fingerprint density at radius 1 is 1.47 bits per heavy atom. The third-order valence-corrected chi connectivity index (χ3v) is 2.33. The fourth-order valence-corrected chi connectivity index (χ4v) is 1.37. The number of hydrogen-bond donors (Lipinski definition) is 0. The Bertz CT molecular complexity index is 380. The van der Waals surface area contributed by atoms with Crippen LogP contribution in [0.4, 0.5) is 5.82 Å². The predicted molar refractivity (Wildman–Crippen MR) is 66.0 cm³/mol. The van der Waals surface area contributed by atoms with Gasteiger partial charge in [-0.1, -0.05) is 13.8 Å². The van der Waals surface area contributed by atoms with Gasteiger partial charge in [0, 0.05) is 18.8 Å². The zero-order valence-corrected chi connectivity index (χ0v) is 10.8. The van der Waals surface area contributed by atoms with Gasteiger partial charge >= 0.3 is 5.97 Å². The summed E-state index contributed by atoms with van der Waals surface area (Å²) in [4.78, 5) is 21.4. The number of rotatable bonds is 5. The van der Waals surface area contributed by atoms with Crippen LogP contribution in [0.3, 0.4) is 0 Å². The summed E-state index contributed by atoms with van der Waals surface area (Å²) in [6, 6.07) is 1.89. The highest BCUT2D eigenvalue weighted by Gasteiger charge is 2.11. The van der Waals surface area contributed by atoms with E-state index in [4.69, 9.17) is 4.74 Å². The van der Waals surface area contributed by atoms with Crippen LogP contribution in [-0.4, -0.2) is 36.1 Å². The SMILES string of the molecule is CCOC(=O)CN(C)c1cc(C(C)C)ncn1. The van der Waals surface area contributed by atoms with E-state index in [0.29, 0.717) is 12.5 Å². The molecule has 0 amide bonds. The second-order valence-electron chi connectivity index (χ2n) is 4.12. The fourth-order valence-electron chi connectivity index (χ4n) is 1.37. The molecule has 17 heavy (non-hydrogen) atoms. The van der Waals surface area contributed by atoms with Crippen LogP contribution in [0.1, 0.15) is 32.4 Å². The molecular formula is C12H19N3O2.